The number of alkyl halides is 6. The molecule has 0 radical (unpaired) electrons. The molecule has 2 aromatic rings. The third-order valence-electron chi connectivity index (χ3n) is 4.89. The molecule has 0 bridgehead atoms. The molecule has 176 valence electrons. The van der Waals surface area contributed by atoms with E-state index in [2.05, 4.69) is 9.47 Å². The predicted molar refractivity (Wildman–Crippen MR) is 99.2 cm³/mol. The van der Waals surface area contributed by atoms with Gasteiger partial charge in [-0.1, -0.05) is 24.3 Å². The number of carbonyl (C=O) groups excluding carboxylic acids is 4. The van der Waals surface area contributed by atoms with Crippen LogP contribution in [0.5, 0.6) is 0 Å². The summed E-state index contributed by atoms with van der Waals surface area (Å²) < 4.78 is 94.8. The monoisotopic (exact) mass is 476 g/mol. The van der Waals surface area contributed by atoms with Crippen molar-refractivity contribution in [2.75, 3.05) is 14.2 Å². The lowest BCUT2D eigenvalue weighted by molar-refractivity contribution is -0.288. The minimum absolute atomic E-state index is 0.0626. The fourth-order valence-corrected chi connectivity index (χ4v) is 3.34. The van der Waals surface area contributed by atoms with E-state index in [4.69, 9.17) is 0 Å². The van der Waals surface area contributed by atoms with Gasteiger partial charge in [0.05, 0.1) is 25.3 Å². The third-order valence-corrected chi connectivity index (χ3v) is 4.89. The summed E-state index contributed by atoms with van der Waals surface area (Å²) in [6.07, 6.45) is -12.0. The highest BCUT2D eigenvalue weighted by atomic mass is 19.4. The number of halogens is 6. The Morgan fingerprint density at radius 3 is 1.27 bits per heavy atom. The Bertz CT molecular complexity index is 1020. The molecule has 0 fully saturated rings. The predicted octanol–water partition coefficient (Wildman–Crippen LogP) is 4.30. The van der Waals surface area contributed by atoms with Crippen LogP contribution in [-0.4, -0.2) is 51.1 Å². The molecule has 0 aromatic heterocycles. The van der Waals surface area contributed by atoms with E-state index >= 15 is 0 Å². The van der Waals surface area contributed by atoms with Gasteiger partial charge in [0, 0.05) is 11.1 Å². The molecule has 0 saturated heterocycles. The minimum atomic E-state index is -6.06. The van der Waals surface area contributed by atoms with Crippen molar-refractivity contribution in [1.29, 1.82) is 0 Å². The van der Waals surface area contributed by atoms with Gasteiger partial charge in [-0.2, -0.15) is 26.3 Å². The number of methoxy groups -OCH3 is 2. The summed E-state index contributed by atoms with van der Waals surface area (Å²) >= 11 is 0. The average molecular weight is 476 g/mol. The molecule has 33 heavy (non-hydrogen) atoms. The fourth-order valence-electron chi connectivity index (χ4n) is 3.34. The van der Waals surface area contributed by atoms with Crippen LogP contribution in [-0.2, 0) is 14.9 Å². The molecular formula is C21H14F6O6. The first-order chi connectivity index (χ1) is 15.3. The highest BCUT2D eigenvalue weighted by Crippen LogP contribution is 2.56. The normalized spacial score (nSPS) is 12.1. The largest absolute Gasteiger partial charge is 0.465 e. The first kappa shape index (κ1) is 25.6. The van der Waals surface area contributed by atoms with E-state index in [0.29, 0.717) is 24.3 Å². The van der Waals surface area contributed by atoms with Crippen molar-refractivity contribution >= 4 is 24.5 Å². The van der Waals surface area contributed by atoms with E-state index in [1.165, 1.54) is 0 Å². The number of benzene rings is 2. The molecule has 0 heterocycles. The number of hydrogen-bond donors (Lipinski definition) is 0. The van der Waals surface area contributed by atoms with Crippen molar-refractivity contribution in [2.45, 2.75) is 17.8 Å². The van der Waals surface area contributed by atoms with Gasteiger partial charge in [0.15, 0.2) is 12.6 Å². The molecule has 12 heteroatoms. The zero-order chi connectivity index (χ0) is 25.2. The van der Waals surface area contributed by atoms with Crippen molar-refractivity contribution in [3.63, 3.8) is 0 Å². The fraction of sp³-hybridized carbons (Fsp3) is 0.238. The third kappa shape index (κ3) is 4.20. The second-order valence-electron chi connectivity index (χ2n) is 6.57. The Morgan fingerprint density at radius 1 is 0.697 bits per heavy atom. The number of rotatable bonds is 6. The smallest absolute Gasteiger partial charge is 0.411 e. The van der Waals surface area contributed by atoms with Gasteiger partial charge < -0.3 is 9.47 Å². The number of carbonyl (C=O) groups is 4. The van der Waals surface area contributed by atoms with E-state index in [-0.39, 0.29) is 24.7 Å². The topological polar surface area (TPSA) is 86.7 Å². The first-order valence-corrected chi connectivity index (χ1v) is 8.79. The summed E-state index contributed by atoms with van der Waals surface area (Å²) in [5.74, 6) is -2.69. The Hall–Kier alpha value is -3.70. The van der Waals surface area contributed by atoms with E-state index in [9.17, 15) is 45.5 Å². The van der Waals surface area contributed by atoms with Crippen LogP contribution in [0.3, 0.4) is 0 Å². The first-order valence-electron chi connectivity index (χ1n) is 8.79. The van der Waals surface area contributed by atoms with E-state index in [1.54, 1.807) is 0 Å². The van der Waals surface area contributed by atoms with Crippen LogP contribution in [0, 0.1) is 0 Å². The van der Waals surface area contributed by atoms with Crippen molar-refractivity contribution in [3.05, 3.63) is 69.8 Å². The van der Waals surface area contributed by atoms with Crippen molar-refractivity contribution < 1.29 is 55.0 Å². The maximum Gasteiger partial charge on any atom is 0.411 e. The molecule has 0 atom stereocenters. The molecule has 0 saturated carbocycles. The molecular weight excluding hydrogens is 462 g/mol. The SMILES string of the molecule is COC(=O)c1cc(C(c2ccc(C=O)c(C(=O)OC)c2)(C(F)(F)F)C(F)(F)F)ccc1C=O. The van der Waals surface area contributed by atoms with Gasteiger partial charge in [-0.3, -0.25) is 9.59 Å². The van der Waals surface area contributed by atoms with Crippen molar-refractivity contribution in [1.82, 2.24) is 0 Å². The lowest BCUT2D eigenvalue weighted by Crippen LogP contribution is -2.55. The van der Waals surface area contributed by atoms with E-state index in [0.717, 1.165) is 14.2 Å². The van der Waals surface area contributed by atoms with Crippen LogP contribution in [0.25, 0.3) is 0 Å². The molecule has 2 aromatic carbocycles. The Morgan fingerprint density at radius 2 is 1.03 bits per heavy atom. The quantitative estimate of drug-likeness (QED) is 0.351. The maximum atomic E-state index is 14.3. The highest BCUT2D eigenvalue weighted by molar-refractivity contribution is 5.99. The maximum absolute atomic E-state index is 14.3. The van der Waals surface area contributed by atoms with Gasteiger partial charge in [0.25, 0.3) is 0 Å². The molecule has 0 aliphatic carbocycles. The van der Waals surface area contributed by atoms with Crippen LogP contribution >= 0.6 is 0 Å². The molecule has 2 rings (SSSR count). The molecule has 0 aliphatic rings. The zero-order valence-corrected chi connectivity index (χ0v) is 16.8. The summed E-state index contributed by atoms with van der Waals surface area (Å²) in [5, 5.41) is 0. The van der Waals surface area contributed by atoms with Gasteiger partial charge in [-0.15, -0.1) is 0 Å². The molecule has 0 N–H and O–H groups in total. The Balaban J connectivity index is 3.07. The highest BCUT2D eigenvalue weighted by Gasteiger charge is 2.72. The second-order valence-corrected chi connectivity index (χ2v) is 6.57. The molecule has 0 aliphatic heterocycles. The van der Waals surface area contributed by atoms with Gasteiger partial charge in [-0.25, -0.2) is 9.59 Å². The second kappa shape index (κ2) is 9.04. The lowest BCUT2D eigenvalue weighted by Gasteiger charge is -2.38. The molecule has 0 amide bonds. The van der Waals surface area contributed by atoms with Crippen LogP contribution in [0.2, 0.25) is 0 Å². The van der Waals surface area contributed by atoms with Gasteiger partial charge in [0.1, 0.15) is 0 Å². The van der Waals surface area contributed by atoms with Gasteiger partial charge >= 0.3 is 24.3 Å². The molecule has 6 nitrogen and oxygen atoms in total. The Labute approximate surface area is 182 Å². The minimum Gasteiger partial charge on any atom is -0.465 e. The average Bonchev–Trinajstić information content (AvgIpc) is 2.76. The summed E-state index contributed by atoms with van der Waals surface area (Å²) in [5.41, 5.74) is -10.4. The number of aldehydes is 2. The van der Waals surface area contributed by atoms with Crippen LogP contribution < -0.4 is 0 Å². The van der Waals surface area contributed by atoms with Crippen molar-refractivity contribution in [3.8, 4) is 0 Å². The zero-order valence-electron chi connectivity index (χ0n) is 16.8. The van der Waals surface area contributed by atoms with E-state index < -0.39 is 63.1 Å². The van der Waals surface area contributed by atoms with Crippen LogP contribution in [0.4, 0.5) is 26.3 Å². The van der Waals surface area contributed by atoms with Crippen LogP contribution in [0.15, 0.2) is 36.4 Å². The molecule has 0 spiro atoms. The van der Waals surface area contributed by atoms with Gasteiger partial charge in [0.2, 0.25) is 5.41 Å². The molecule has 0 unspecified atom stereocenters. The Kier molecular flexibility index (Phi) is 7.00. The standard InChI is InChI=1S/C21H14F6O6/c1-32-17(30)15-7-13(5-3-11(15)9-28)19(20(22,23)24,21(25,26)27)14-6-4-12(10-29)16(8-14)18(31)33-2/h3-10H,1-2H3. The summed E-state index contributed by atoms with van der Waals surface area (Å²) in [6, 6.07) is 2.51. The summed E-state index contributed by atoms with van der Waals surface area (Å²) in [7, 11) is 1.65. The number of esters is 2. The lowest BCUT2D eigenvalue weighted by atomic mass is 9.71. The van der Waals surface area contributed by atoms with E-state index in [1.807, 2.05) is 0 Å². The summed E-state index contributed by atoms with van der Waals surface area (Å²) in [4.78, 5) is 46.2. The number of ether oxygens (including phenoxy) is 2. The number of hydrogen-bond acceptors (Lipinski definition) is 6. The van der Waals surface area contributed by atoms with Crippen molar-refractivity contribution in [2.24, 2.45) is 0 Å². The van der Waals surface area contributed by atoms with Gasteiger partial charge in [-0.05, 0) is 23.3 Å². The van der Waals surface area contributed by atoms with Crippen LogP contribution in [0.1, 0.15) is 52.6 Å². The summed E-state index contributed by atoms with van der Waals surface area (Å²) in [6.45, 7) is 0.